The van der Waals surface area contributed by atoms with Crippen LogP contribution in [0.2, 0.25) is 0 Å². The number of carboxylic acids is 1. The van der Waals surface area contributed by atoms with Crippen LogP contribution in [0.25, 0.3) is 0 Å². The monoisotopic (exact) mass is 409 g/mol. The van der Waals surface area contributed by atoms with Gasteiger partial charge in [-0.1, -0.05) is 0 Å². The SMILES string of the molecule is O=C(O)c1cc(CN2CN(c3ccc(SC(F)(F)F)cc3)CC23CC3)ccn1. The summed E-state index contributed by atoms with van der Waals surface area (Å²) in [5, 5.41) is 9.11. The number of carboxylic acid groups (broad SMARTS) is 1. The Morgan fingerprint density at radius 2 is 1.93 bits per heavy atom. The second-order valence-corrected chi connectivity index (χ2v) is 8.30. The van der Waals surface area contributed by atoms with Gasteiger partial charge in [0.1, 0.15) is 5.69 Å². The number of nitrogens with zero attached hydrogens (tertiary/aromatic N) is 3. The van der Waals surface area contributed by atoms with Crippen LogP contribution in [0.5, 0.6) is 0 Å². The van der Waals surface area contributed by atoms with E-state index < -0.39 is 11.5 Å². The average molecular weight is 409 g/mol. The van der Waals surface area contributed by atoms with Gasteiger partial charge in [0.25, 0.3) is 0 Å². The summed E-state index contributed by atoms with van der Waals surface area (Å²) in [7, 11) is 0. The lowest BCUT2D eigenvalue weighted by molar-refractivity contribution is -0.0328. The molecular weight excluding hydrogens is 391 g/mol. The first-order valence-corrected chi connectivity index (χ1v) is 9.60. The highest BCUT2D eigenvalue weighted by molar-refractivity contribution is 8.00. The Balaban J connectivity index is 1.46. The third kappa shape index (κ3) is 4.10. The van der Waals surface area contributed by atoms with Crippen molar-refractivity contribution in [2.45, 2.75) is 35.3 Å². The molecule has 2 fully saturated rings. The molecule has 1 aliphatic carbocycles. The summed E-state index contributed by atoms with van der Waals surface area (Å²) >= 11 is -0.113. The van der Waals surface area contributed by atoms with Gasteiger partial charge in [-0.2, -0.15) is 13.2 Å². The van der Waals surface area contributed by atoms with E-state index in [-0.39, 0.29) is 27.9 Å². The summed E-state index contributed by atoms with van der Waals surface area (Å²) in [6, 6.07) is 9.85. The Kier molecular flexibility index (Phi) is 4.75. The average Bonchev–Trinajstić information content (AvgIpc) is 3.32. The highest BCUT2D eigenvalue weighted by Gasteiger charge is 2.53. The Labute approximate surface area is 164 Å². The Morgan fingerprint density at radius 3 is 2.54 bits per heavy atom. The second kappa shape index (κ2) is 6.97. The molecule has 0 amide bonds. The van der Waals surface area contributed by atoms with Crippen LogP contribution in [0.4, 0.5) is 18.9 Å². The first-order chi connectivity index (χ1) is 13.2. The molecule has 1 saturated heterocycles. The van der Waals surface area contributed by atoms with E-state index in [1.54, 1.807) is 18.2 Å². The van der Waals surface area contributed by atoms with Gasteiger partial charge in [-0.15, -0.1) is 0 Å². The fourth-order valence-electron chi connectivity index (χ4n) is 3.64. The number of rotatable bonds is 5. The van der Waals surface area contributed by atoms with E-state index in [0.29, 0.717) is 13.2 Å². The van der Waals surface area contributed by atoms with Gasteiger partial charge in [0.2, 0.25) is 0 Å². The fraction of sp³-hybridized carbons (Fsp3) is 0.368. The molecule has 28 heavy (non-hydrogen) atoms. The molecule has 1 saturated carbocycles. The van der Waals surface area contributed by atoms with Gasteiger partial charge < -0.3 is 10.0 Å². The van der Waals surface area contributed by atoms with Gasteiger partial charge in [-0.25, -0.2) is 9.78 Å². The zero-order valence-electron chi connectivity index (χ0n) is 14.8. The standard InChI is InChI=1S/C19H18F3N3O2S/c20-19(21,22)28-15-3-1-14(2-4-15)24-11-18(6-7-18)25(12-24)10-13-5-8-23-16(9-13)17(26)27/h1-5,8-9H,6-7,10-12H2,(H,26,27). The summed E-state index contributed by atoms with van der Waals surface area (Å²) < 4.78 is 37.5. The molecular formula is C19H18F3N3O2S. The normalized spacial score (nSPS) is 18.6. The van der Waals surface area contributed by atoms with E-state index in [1.807, 2.05) is 6.07 Å². The summed E-state index contributed by atoms with van der Waals surface area (Å²) in [5.74, 6) is -1.05. The number of halogens is 3. The van der Waals surface area contributed by atoms with Crippen LogP contribution in [-0.2, 0) is 6.54 Å². The van der Waals surface area contributed by atoms with Crippen LogP contribution in [0.1, 0.15) is 28.9 Å². The number of pyridine rings is 1. The van der Waals surface area contributed by atoms with Crippen molar-refractivity contribution in [3.63, 3.8) is 0 Å². The van der Waals surface area contributed by atoms with Gasteiger partial charge >= 0.3 is 11.5 Å². The molecule has 4 rings (SSSR count). The minimum absolute atomic E-state index is 0.0242. The van der Waals surface area contributed by atoms with Crippen LogP contribution in [0, 0.1) is 0 Å². The molecule has 148 valence electrons. The largest absolute Gasteiger partial charge is 0.477 e. The topological polar surface area (TPSA) is 56.7 Å². The van der Waals surface area contributed by atoms with Gasteiger partial charge in [-0.05, 0) is 66.6 Å². The smallest absolute Gasteiger partial charge is 0.446 e. The van der Waals surface area contributed by atoms with E-state index in [2.05, 4.69) is 14.8 Å². The quantitative estimate of drug-likeness (QED) is 0.747. The number of carbonyl (C=O) groups is 1. The molecule has 0 radical (unpaired) electrons. The molecule has 0 atom stereocenters. The van der Waals surface area contributed by atoms with Crippen molar-refractivity contribution in [2.24, 2.45) is 0 Å². The zero-order chi connectivity index (χ0) is 19.9. The number of benzene rings is 1. The van der Waals surface area contributed by atoms with Crippen LogP contribution in [0.3, 0.4) is 0 Å². The lowest BCUT2D eigenvalue weighted by atomic mass is 10.2. The Bertz CT molecular complexity index is 885. The minimum Gasteiger partial charge on any atom is -0.477 e. The highest BCUT2D eigenvalue weighted by atomic mass is 32.2. The lowest BCUT2D eigenvalue weighted by Gasteiger charge is -2.22. The van der Waals surface area contributed by atoms with Crippen molar-refractivity contribution in [3.05, 3.63) is 53.9 Å². The number of hydrogen-bond acceptors (Lipinski definition) is 5. The maximum atomic E-state index is 12.5. The summed E-state index contributed by atoms with van der Waals surface area (Å²) in [5.41, 5.74) is -2.43. The van der Waals surface area contributed by atoms with E-state index >= 15 is 0 Å². The predicted molar refractivity (Wildman–Crippen MR) is 99.3 cm³/mol. The molecule has 1 aliphatic heterocycles. The van der Waals surface area contributed by atoms with Crippen LogP contribution < -0.4 is 4.90 Å². The first kappa shape index (κ1) is 19.1. The second-order valence-electron chi connectivity index (χ2n) is 7.16. The summed E-state index contributed by atoms with van der Waals surface area (Å²) in [6.07, 6.45) is 3.62. The lowest BCUT2D eigenvalue weighted by Crippen LogP contribution is -2.32. The maximum Gasteiger partial charge on any atom is 0.446 e. The van der Waals surface area contributed by atoms with Gasteiger partial charge in [0, 0.05) is 35.4 Å². The molecule has 0 unspecified atom stereocenters. The van der Waals surface area contributed by atoms with Crippen LogP contribution in [0.15, 0.2) is 47.5 Å². The molecule has 1 N–H and O–H groups in total. The Morgan fingerprint density at radius 1 is 1.21 bits per heavy atom. The van der Waals surface area contributed by atoms with Gasteiger partial charge in [0.05, 0.1) is 6.67 Å². The number of aromatic nitrogens is 1. The van der Waals surface area contributed by atoms with Crippen molar-refractivity contribution in [2.75, 3.05) is 18.1 Å². The number of aromatic carboxylic acids is 1. The molecule has 0 bridgehead atoms. The summed E-state index contributed by atoms with van der Waals surface area (Å²) in [4.78, 5) is 19.6. The molecule has 1 aromatic heterocycles. The van der Waals surface area contributed by atoms with Crippen molar-refractivity contribution in [3.8, 4) is 0 Å². The number of hydrogen-bond donors (Lipinski definition) is 1. The summed E-state index contributed by atoms with van der Waals surface area (Å²) in [6.45, 7) is 2.08. The number of alkyl halides is 3. The molecule has 1 spiro atoms. The number of anilines is 1. The fourth-order valence-corrected chi connectivity index (χ4v) is 4.18. The van der Waals surface area contributed by atoms with E-state index in [4.69, 9.17) is 5.11 Å². The highest BCUT2D eigenvalue weighted by Crippen LogP contribution is 2.48. The van der Waals surface area contributed by atoms with Crippen molar-refractivity contribution in [1.82, 2.24) is 9.88 Å². The third-order valence-corrected chi connectivity index (χ3v) is 5.92. The van der Waals surface area contributed by atoms with E-state index in [1.165, 1.54) is 18.3 Å². The Hall–Kier alpha value is -2.26. The predicted octanol–water partition coefficient (Wildman–Crippen LogP) is 4.20. The molecule has 2 aliphatic rings. The molecule has 2 aromatic rings. The third-order valence-electron chi connectivity index (χ3n) is 5.18. The first-order valence-electron chi connectivity index (χ1n) is 8.78. The minimum atomic E-state index is -4.29. The molecule has 1 aromatic carbocycles. The van der Waals surface area contributed by atoms with Gasteiger partial charge in [0.15, 0.2) is 0 Å². The van der Waals surface area contributed by atoms with Crippen LogP contribution >= 0.6 is 11.8 Å². The van der Waals surface area contributed by atoms with Crippen molar-refractivity contribution < 1.29 is 23.1 Å². The molecule has 2 heterocycles. The van der Waals surface area contributed by atoms with Crippen molar-refractivity contribution >= 4 is 23.4 Å². The zero-order valence-corrected chi connectivity index (χ0v) is 15.6. The van der Waals surface area contributed by atoms with Crippen LogP contribution in [-0.4, -0.2) is 45.2 Å². The van der Waals surface area contributed by atoms with Crippen molar-refractivity contribution in [1.29, 1.82) is 0 Å². The number of thioether (sulfide) groups is 1. The van der Waals surface area contributed by atoms with E-state index in [0.717, 1.165) is 30.6 Å². The van der Waals surface area contributed by atoms with E-state index in [9.17, 15) is 18.0 Å². The molecule has 5 nitrogen and oxygen atoms in total. The maximum absolute atomic E-state index is 12.5. The van der Waals surface area contributed by atoms with Gasteiger partial charge in [-0.3, -0.25) is 4.90 Å². The molecule has 9 heteroatoms.